The fraction of sp³-hybridized carbons (Fsp3) is 0.176. The summed E-state index contributed by atoms with van der Waals surface area (Å²) >= 11 is 0. The minimum Gasteiger partial charge on any atom is -0.403 e. The first-order valence-corrected chi connectivity index (χ1v) is 6.46. The zero-order valence-corrected chi connectivity index (χ0v) is 12.1. The van der Waals surface area contributed by atoms with Crippen LogP contribution in [0.2, 0.25) is 0 Å². The number of rotatable bonds is 4. The van der Waals surface area contributed by atoms with E-state index in [9.17, 15) is 0 Å². The van der Waals surface area contributed by atoms with Crippen molar-refractivity contribution in [1.29, 1.82) is 0 Å². The Morgan fingerprint density at radius 1 is 1.11 bits per heavy atom. The molecule has 2 heteroatoms. The van der Waals surface area contributed by atoms with Crippen LogP contribution in [0, 0.1) is 0 Å². The van der Waals surface area contributed by atoms with E-state index >= 15 is 0 Å². The van der Waals surface area contributed by atoms with Crippen molar-refractivity contribution >= 4 is 11.3 Å². The average Bonchev–Trinajstić information content (AvgIpc) is 2.48. The SMILES string of the molecule is C=C/C=C(\C=C/C)c1ccc(/C(N)=C/N)cc1.CC. The molecule has 19 heavy (non-hydrogen) atoms. The van der Waals surface area contributed by atoms with Crippen LogP contribution in [0.25, 0.3) is 11.3 Å². The van der Waals surface area contributed by atoms with Gasteiger partial charge >= 0.3 is 0 Å². The molecule has 0 fully saturated rings. The van der Waals surface area contributed by atoms with Crippen LogP contribution in [0.15, 0.2) is 61.3 Å². The van der Waals surface area contributed by atoms with E-state index in [4.69, 9.17) is 11.5 Å². The number of hydrogen-bond acceptors (Lipinski definition) is 2. The molecule has 0 radical (unpaired) electrons. The largest absolute Gasteiger partial charge is 0.403 e. The van der Waals surface area contributed by atoms with Crippen molar-refractivity contribution in [3.8, 4) is 0 Å². The first kappa shape index (κ1) is 16.8. The predicted octanol–water partition coefficient (Wildman–Crippen LogP) is 4.07. The van der Waals surface area contributed by atoms with Crippen LogP contribution in [0.5, 0.6) is 0 Å². The Labute approximate surface area is 116 Å². The van der Waals surface area contributed by atoms with Gasteiger partial charge in [0.15, 0.2) is 0 Å². The summed E-state index contributed by atoms with van der Waals surface area (Å²) in [6, 6.07) is 7.94. The highest BCUT2D eigenvalue weighted by Crippen LogP contribution is 2.18. The molecule has 0 aliphatic heterocycles. The summed E-state index contributed by atoms with van der Waals surface area (Å²) < 4.78 is 0. The summed E-state index contributed by atoms with van der Waals surface area (Å²) in [6.45, 7) is 9.70. The molecule has 0 heterocycles. The highest BCUT2D eigenvalue weighted by atomic mass is 14.6. The summed E-state index contributed by atoms with van der Waals surface area (Å²) in [4.78, 5) is 0. The summed E-state index contributed by atoms with van der Waals surface area (Å²) in [5.41, 5.74) is 14.8. The Bertz CT molecular complexity index is 463. The van der Waals surface area contributed by atoms with Gasteiger partial charge in [0.05, 0.1) is 5.70 Å². The lowest BCUT2D eigenvalue weighted by Crippen LogP contribution is -1.99. The molecule has 0 aliphatic rings. The topological polar surface area (TPSA) is 52.0 Å². The zero-order valence-electron chi connectivity index (χ0n) is 12.1. The quantitative estimate of drug-likeness (QED) is 0.798. The smallest absolute Gasteiger partial charge is 0.0545 e. The normalized spacial score (nSPS) is 11.9. The van der Waals surface area contributed by atoms with Gasteiger partial charge in [0.2, 0.25) is 0 Å². The van der Waals surface area contributed by atoms with E-state index in [1.165, 1.54) is 6.20 Å². The molecule has 102 valence electrons. The average molecular weight is 256 g/mol. The van der Waals surface area contributed by atoms with Crippen LogP contribution in [0.1, 0.15) is 31.9 Å². The van der Waals surface area contributed by atoms with Crippen LogP contribution in [0.4, 0.5) is 0 Å². The van der Waals surface area contributed by atoms with Gasteiger partial charge in [-0.15, -0.1) is 0 Å². The molecule has 1 aromatic carbocycles. The van der Waals surface area contributed by atoms with Crippen molar-refractivity contribution in [3.05, 3.63) is 72.5 Å². The molecule has 0 saturated carbocycles. The lowest BCUT2D eigenvalue weighted by Gasteiger charge is -2.05. The molecule has 0 amide bonds. The van der Waals surface area contributed by atoms with E-state index in [0.717, 1.165) is 16.7 Å². The highest BCUT2D eigenvalue weighted by Gasteiger charge is 1.99. The van der Waals surface area contributed by atoms with Gasteiger partial charge in [-0.2, -0.15) is 0 Å². The molecular weight excluding hydrogens is 232 g/mol. The first-order valence-electron chi connectivity index (χ1n) is 6.46. The van der Waals surface area contributed by atoms with Crippen LogP contribution in [-0.2, 0) is 0 Å². The van der Waals surface area contributed by atoms with Crippen LogP contribution < -0.4 is 11.5 Å². The van der Waals surface area contributed by atoms with Crippen LogP contribution in [0.3, 0.4) is 0 Å². The molecule has 0 aromatic heterocycles. The molecular formula is C17H24N2. The van der Waals surface area contributed by atoms with Crippen LogP contribution >= 0.6 is 0 Å². The number of hydrogen-bond donors (Lipinski definition) is 2. The Kier molecular flexibility index (Phi) is 8.63. The van der Waals surface area contributed by atoms with Gasteiger partial charge in [-0.25, -0.2) is 0 Å². The van der Waals surface area contributed by atoms with Crippen molar-refractivity contribution in [2.24, 2.45) is 11.5 Å². The fourth-order valence-corrected chi connectivity index (χ4v) is 1.51. The number of benzene rings is 1. The Morgan fingerprint density at radius 2 is 1.63 bits per heavy atom. The summed E-state index contributed by atoms with van der Waals surface area (Å²) in [5, 5.41) is 0. The van der Waals surface area contributed by atoms with E-state index in [0.29, 0.717) is 5.70 Å². The van der Waals surface area contributed by atoms with Gasteiger partial charge in [0, 0.05) is 6.20 Å². The molecule has 0 unspecified atom stereocenters. The second-order valence-electron chi connectivity index (χ2n) is 3.56. The number of allylic oxidation sites excluding steroid dienone is 5. The molecule has 1 aromatic rings. The number of nitrogens with two attached hydrogens (primary N) is 2. The highest BCUT2D eigenvalue weighted by molar-refractivity contribution is 5.76. The molecule has 1 rings (SSSR count). The third-order valence-electron chi connectivity index (χ3n) is 2.37. The molecule has 0 aliphatic carbocycles. The standard InChI is InChI=1S/C15H18N2.C2H6/c1-3-5-12(6-4-2)13-7-9-14(10-8-13)15(17)11-16;1-2/h3-11H,1,16-17H2,2H3;1-2H3/b6-4-,12-5+,15-11-;. The molecule has 4 N–H and O–H groups in total. The van der Waals surface area contributed by atoms with Crippen molar-refractivity contribution in [2.45, 2.75) is 20.8 Å². The minimum atomic E-state index is 0.580. The third kappa shape index (κ3) is 5.30. The van der Waals surface area contributed by atoms with E-state index in [1.54, 1.807) is 6.08 Å². The maximum absolute atomic E-state index is 5.73. The minimum absolute atomic E-state index is 0.580. The molecule has 0 atom stereocenters. The molecule has 0 bridgehead atoms. The van der Waals surface area contributed by atoms with Crippen molar-refractivity contribution in [1.82, 2.24) is 0 Å². The summed E-state index contributed by atoms with van der Waals surface area (Å²) in [5.74, 6) is 0. The van der Waals surface area contributed by atoms with Gasteiger partial charge in [0.25, 0.3) is 0 Å². The lowest BCUT2D eigenvalue weighted by molar-refractivity contribution is 1.45. The van der Waals surface area contributed by atoms with Gasteiger partial charge in [-0.3, -0.25) is 0 Å². The maximum atomic E-state index is 5.73. The maximum Gasteiger partial charge on any atom is 0.0545 e. The monoisotopic (exact) mass is 256 g/mol. The van der Waals surface area contributed by atoms with Crippen molar-refractivity contribution < 1.29 is 0 Å². The first-order chi connectivity index (χ1) is 9.22. The Morgan fingerprint density at radius 3 is 2.05 bits per heavy atom. The van der Waals surface area contributed by atoms with Crippen LogP contribution in [-0.4, -0.2) is 0 Å². The molecule has 0 spiro atoms. The van der Waals surface area contributed by atoms with E-state index in [2.05, 4.69) is 6.58 Å². The Hall–Kier alpha value is -2.22. The summed E-state index contributed by atoms with van der Waals surface area (Å²) in [7, 11) is 0. The third-order valence-corrected chi connectivity index (χ3v) is 2.37. The van der Waals surface area contributed by atoms with Crippen molar-refractivity contribution in [3.63, 3.8) is 0 Å². The fourth-order valence-electron chi connectivity index (χ4n) is 1.51. The Balaban J connectivity index is 0.00000154. The summed E-state index contributed by atoms with van der Waals surface area (Å²) in [6.07, 6.45) is 9.19. The van der Waals surface area contributed by atoms with Gasteiger partial charge in [-0.1, -0.05) is 69.0 Å². The second kappa shape index (κ2) is 9.77. The zero-order chi connectivity index (χ0) is 14.7. The lowest BCUT2D eigenvalue weighted by atomic mass is 10.0. The second-order valence-corrected chi connectivity index (χ2v) is 3.56. The van der Waals surface area contributed by atoms with E-state index in [1.807, 2.05) is 63.3 Å². The van der Waals surface area contributed by atoms with Gasteiger partial charge < -0.3 is 11.5 Å². The van der Waals surface area contributed by atoms with E-state index in [-0.39, 0.29) is 0 Å². The van der Waals surface area contributed by atoms with Gasteiger partial charge in [0.1, 0.15) is 0 Å². The van der Waals surface area contributed by atoms with E-state index < -0.39 is 0 Å². The van der Waals surface area contributed by atoms with Crippen molar-refractivity contribution in [2.75, 3.05) is 0 Å². The van der Waals surface area contributed by atoms with Gasteiger partial charge in [-0.05, 0) is 23.6 Å². The molecule has 0 saturated heterocycles. The predicted molar refractivity (Wildman–Crippen MR) is 87.1 cm³/mol. The molecule has 2 nitrogen and oxygen atoms in total.